The molecule has 0 unspecified atom stereocenters. The van der Waals surface area contributed by atoms with E-state index < -0.39 is 0 Å². The largest absolute Gasteiger partial charge is 0.356 e. The summed E-state index contributed by atoms with van der Waals surface area (Å²) >= 11 is 0. The smallest absolute Gasteiger partial charge is 0.193 e. The molecule has 2 heterocycles. The average Bonchev–Trinajstić information content (AvgIpc) is 3.11. The van der Waals surface area contributed by atoms with Crippen molar-refractivity contribution in [2.45, 2.75) is 51.4 Å². The molecule has 3 rings (SSSR count). The van der Waals surface area contributed by atoms with Crippen LogP contribution >= 0.6 is 0 Å². The van der Waals surface area contributed by atoms with Crippen LogP contribution in [-0.2, 0) is 0 Å². The molecule has 0 radical (unpaired) electrons. The lowest BCUT2D eigenvalue weighted by atomic mass is 9.68. The van der Waals surface area contributed by atoms with Crippen molar-refractivity contribution < 1.29 is 0 Å². The molecule has 4 nitrogen and oxygen atoms in total. The van der Waals surface area contributed by atoms with Crippen molar-refractivity contribution in [1.29, 1.82) is 0 Å². The first-order valence-corrected chi connectivity index (χ1v) is 8.99. The van der Waals surface area contributed by atoms with Gasteiger partial charge in [-0.05, 0) is 70.0 Å². The van der Waals surface area contributed by atoms with Gasteiger partial charge in [0, 0.05) is 26.7 Å². The highest BCUT2D eigenvalue weighted by Gasteiger charge is 2.43. The zero-order valence-electron chi connectivity index (χ0n) is 13.7. The molecule has 0 aromatic carbocycles. The van der Waals surface area contributed by atoms with Gasteiger partial charge in [-0.15, -0.1) is 0 Å². The van der Waals surface area contributed by atoms with E-state index in [4.69, 9.17) is 0 Å². The van der Waals surface area contributed by atoms with Gasteiger partial charge in [0.1, 0.15) is 0 Å². The van der Waals surface area contributed by atoms with E-state index in [1.807, 2.05) is 7.05 Å². The highest BCUT2D eigenvalue weighted by atomic mass is 15.3. The van der Waals surface area contributed by atoms with Gasteiger partial charge in [0.2, 0.25) is 0 Å². The lowest BCUT2D eigenvalue weighted by molar-refractivity contribution is 0.151. The SMILES string of the molecule is CN=C(NCCCCN1CCCC1)N1CCC2(CCC2)C1. The van der Waals surface area contributed by atoms with E-state index in [9.17, 15) is 0 Å². The third kappa shape index (κ3) is 3.71. The number of hydrogen-bond donors (Lipinski definition) is 1. The van der Waals surface area contributed by atoms with E-state index in [-0.39, 0.29) is 0 Å². The van der Waals surface area contributed by atoms with Crippen molar-refractivity contribution in [3.63, 3.8) is 0 Å². The fraction of sp³-hybridized carbons (Fsp3) is 0.941. The highest BCUT2D eigenvalue weighted by molar-refractivity contribution is 5.80. The molecular formula is C17H32N4. The van der Waals surface area contributed by atoms with E-state index in [0.29, 0.717) is 5.41 Å². The highest BCUT2D eigenvalue weighted by Crippen LogP contribution is 2.47. The third-order valence-corrected chi connectivity index (χ3v) is 5.75. The van der Waals surface area contributed by atoms with Crippen LogP contribution in [0, 0.1) is 5.41 Å². The second kappa shape index (κ2) is 6.99. The van der Waals surface area contributed by atoms with Crippen LogP contribution in [-0.4, -0.2) is 62.1 Å². The summed E-state index contributed by atoms with van der Waals surface area (Å²) in [4.78, 5) is 9.58. The summed E-state index contributed by atoms with van der Waals surface area (Å²) in [5, 5.41) is 3.58. The van der Waals surface area contributed by atoms with Crippen molar-refractivity contribution in [3.05, 3.63) is 0 Å². The predicted molar refractivity (Wildman–Crippen MR) is 88.7 cm³/mol. The van der Waals surface area contributed by atoms with Crippen LogP contribution in [0.5, 0.6) is 0 Å². The van der Waals surface area contributed by atoms with Crippen LogP contribution < -0.4 is 5.32 Å². The summed E-state index contributed by atoms with van der Waals surface area (Å²) in [5.41, 5.74) is 0.660. The average molecular weight is 292 g/mol. The van der Waals surface area contributed by atoms with E-state index in [1.165, 1.54) is 84.1 Å². The van der Waals surface area contributed by atoms with Crippen molar-refractivity contribution in [3.8, 4) is 0 Å². The molecular weight excluding hydrogens is 260 g/mol. The predicted octanol–water partition coefficient (Wildman–Crippen LogP) is 2.31. The van der Waals surface area contributed by atoms with Gasteiger partial charge in [-0.2, -0.15) is 0 Å². The molecule has 0 amide bonds. The molecule has 21 heavy (non-hydrogen) atoms. The van der Waals surface area contributed by atoms with Crippen LogP contribution in [0.25, 0.3) is 0 Å². The number of likely N-dealkylation sites (tertiary alicyclic amines) is 2. The van der Waals surface area contributed by atoms with Gasteiger partial charge in [-0.3, -0.25) is 4.99 Å². The van der Waals surface area contributed by atoms with Crippen molar-refractivity contribution >= 4 is 5.96 Å². The minimum absolute atomic E-state index is 0.660. The zero-order chi connectivity index (χ0) is 14.5. The summed E-state index contributed by atoms with van der Waals surface area (Å²) in [6.07, 6.45) is 11.1. The summed E-state index contributed by atoms with van der Waals surface area (Å²) in [7, 11) is 1.93. The van der Waals surface area contributed by atoms with Gasteiger partial charge in [0.25, 0.3) is 0 Å². The topological polar surface area (TPSA) is 30.9 Å². The molecule has 1 saturated carbocycles. The summed E-state index contributed by atoms with van der Waals surface area (Å²) in [6, 6.07) is 0. The van der Waals surface area contributed by atoms with Gasteiger partial charge in [-0.25, -0.2) is 0 Å². The fourth-order valence-electron chi connectivity index (χ4n) is 4.20. The van der Waals surface area contributed by atoms with Crippen LogP contribution in [0.15, 0.2) is 4.99 Å². The molecule has 120 valence electrons. The maximum Gasteiger partial charge on any atom is 0.193 e. The molecule has 0 aromatic rings. The Morgan fingerprint density at radius 3 is 2.48 bits per heavy atom. The lowest BCUT2D eigenvalue weighted by Crippen LogP contribution is -2.42. The van der Waals surface area contributed by atoms with Gasteiger partial charge in [0.15, 0.2) is 5.96 Å². The van der Waals surface area contributed by atoms with Gasteiger partial charge in [-0.1, -0.05) is 6.42 Å². The molecule has 2 aliphatic heterocycles. The normalized spacial score (nSPS) is 25.6. The number of nitrogens with one attached hydrogen (secondary N) is 1. The van der Waals surface area contributed by atoms with Gasteiger partial charge < -0.3 is 15.1 Å². The minimum Gasteiger partial charge on any atom is -0.356 e. The molecule has 3 aliphatic rings. The third-order valence-electron chi connectivity index (χ3n) is 5.75. The summed E-state index contributed by atoms with van der Waals surface area (Å²) < 4.78 is 0. The molecule has 3 fully saturated rings. The van der Waals surface area contributed by atoms with Gasteiger partial charge in [0.05, 0.1) is 0 Å². The van der Waals surface area contributed by atoms with Crippen LogP contribution in [0.2, 0.25) is 0 Å². The molecule has 1 spiro atoms. The number of guanidine groups is 1. The molecule has 1 aliphatic carbocycles. The molecule has 0 atom stereocenters. The Kier molecular flexibility index (Phi) is 5.04. The van der Waals surface area contributed by atoms with Gasteiger partial charge >= 0.3 is 0 Å². The van der Waals surface area contributed by atoms with Crippen molar-refractivity contribution in [2.24, 2.45) is 10.4 Å². The second-order valence-corrected chi connectivity index (χ2v) is 7.25. The molecule has 1 N–H and O–H groups in total. The standard InChI is InChI=1S/C17H32N4/c1-18-16(21-14-9-17(15-21)7-6-8-17)19-10-2-3-11-20-12-4-5-13-20/h2-15H2,1H3,(H,18,19). The van der Waals surface area contributed by atoms with E-state index >= 15 is 0 Å². The summed E-state index contributed by atoms with van der Waals surface area (Å²) in [6.45, 7) is 7.45. The molecule has 0 aromatic heterocycles. The number of aliphatic imine (C=N–C) groups is 1. The Labute approximate surface area is 130 Å². The number of rotatable bonds is 5. The molecule has 2 saturated heterocycles. The number of nitrogens with zero attached hydrogens (tertiary/aromatic N) is 3. The van der Waals surface area contributed by atoms with Crippen molar-refractivity contribution in [1.82, 2.24) is 15.1 Å². The van der Waals surface area contributed by atoms with Crippen molar-refractivity contribution in [2.75, 3.05) is 46.3 Å². The molecule has 0 bridgehead atoms. The summed E-state index contributed by atoms with van der Waals surface area (Å²) in [5.74, 6) is 1.14. The minimum atomic E-state index is 0.660. The number of unbranched alkanes of at least 4 members (excludes halogenated alkanes) is 1. The Morgan fingerprint density at radius 2 is 1.86 bits per heavy atom. The first kappa shape index (κ1) is 15.1. The maximum atomic E-state index is 4.49. The quantitative estimate of drug-likeness (QED) is 0.479. The Hall–Kier alpha value is -0.770. The Morgan fingerprint density at radius 1 is 1.05 bits per heavy atom. The zero-order valence-corrected chi connectivity index (χ0v) is 13.7. The first-order valence-electron chi connectivity index (χ1n) is 8.99. The maximum absolute atomic E-state index is 4.49. The fourth-order valence-corrected chi connectivity index (χ4v) is 4.20. The van der Waals surface area contributed by atoms with E-state index in [1.54, 1.807) is 0 Å². The van der Waals surface area contributed by atoms with E-state index in [0.717, 1.165) is 12.5 Å². The lowest BCUT2D eigenvalue weighted by Gasteiger charge is -2.38. The second-order valence-electron chi connectivity index (χ2n) is 7.25. The monoisotopic (exact) mass is 292 g/mol. The van der Waals surface area contributed by atoms with Crippen LogP contribution in [0.4, 0.5) is 0 Å². The number of hydrogen-bond acceptors (Lipinski definition) is 2. The Balaban J connectivity index is 1.31. The Bertz CT molecular complexity index is 356. The van der Waals surface area contributed by atoms with Crippen LogP contribution in [0.3, 0.4) is 0 Å². The first-order chi connectivity index (χ1) is 10.3. The van der Waals surface area contributed by atoms with E-state index in [2.05, 4.69) is 20.1 Å². The van der Waals surface area contributed by atoms with Crippen LogP contribution in [0.1, 0.15) is 51.4 Å². The molecule has 4 heteroatoms.